The molecule has 1 fully saturated rings. The summed E-state index contributed by atoms with van der Waals surface area (Å²) in [4.78, 5) is 25.0. The number of benzene rings is 1. The van der Waals surface area contributed by atoms with Crippen molar-refractivity contribution in [3.05, 3.63) is 29.8 Å². The van der Waals surface area contributed by atoms with Crippen LogP contribution in [-0.2, 0) is 14.3 Å². The molecule has 1 heterocycles. The molecule has 2 rings (SSSR count). The molecule has 0 aliphatic carbocycles. The molecule has 1 saturated heterocycles. The summed E-state index contributed by atoms with van der Waals surface area (Å²) in [6, 6.07) is 7.29. The number of hydrogen-bond acceptors (Lipinski definition) is 4. The van der Waals surface area contributed by atoms with Crippen LogP contribution >= 0.6 is 0 Å². The first-order valence-corrected chi connectivity index (χ1v) is 6.29. The van der Waals surface area contributed by atoms with Crippen LogP contribution in [0.3, 0.4) is 0 Å². The predicted molar refractivity (Wildman–Crippen MR) is 71.8 cm³/mol. The lowest BCUT2D eigenvalue weighted by atomic mass is 10.2. The summed E-state index contributed by atoms with van der Waals surface area (Å²) < 4.78 is 4.89. The van der Waals surface area contributed by atoms with Crippen molar-refractivity contribution in [3.63, 3.8) is 0 Å². The van der Waals surface area contributed by atoms with E-state index in [1.165, 1.54) is 0 Å². The van der Waals surface area contributed by atoms with E-state index in [-0.39, 0.29) is 24.5 Å². The molecule has 0 radical (unpaired) electrons. The number of aryl methyl sites for hydroxylation is 1. The number of rotatable bonds is 4. The molecule has 1 unspecified atom stereocenters. The van der Waals surface area contributed by atoms with Crippen molar-refractivity contribution in [3.8, 4) is 0 Å². The molecule has 5 nitrogen and oxygen atoms in total. The molecular weight excluding hydrogens is 244 g/mol. The number of nitrogens with one attached hydrogen (secondary N) is 1. The topological polar surface area (TPSA) is 58.6 Å². The van der Waals surface area contributed by atoms with Gasteiger partial charge < -0.3 is 10.1 Å². The second kappa shape index (κ2) is 5.84. The van der Waals surface area contributed by atoms with Gasteiger partial charge in [-0.1, -0.05) is 17.7 Å². The largest absolute Gasteiger partial charge is 0.464 e. The minimum Gasteiger partial charge on any atom is -0.464 e. The van der Waals surface area contributed by atoms with Crippen LogP contribution in [0.5, 0.6) is 0 Å². The van der Waals surface area contributed by atoms with Crippen molar-refractivity contribution in [1.82, 2.24) is 4.90 Å². The first kappa shape index (κ1) is 13.5. The van der Waals surface area contributed by atoms with Gasteiger partial charge in [-0.05, 0) is 26.1 Å². The molecule has 0 bridgehead atoms. The third-order valence-corrected chi connectivity index (χ3v) is 3.17. The van der Waals surface area contributed by atoms with E-state index in [0.29, 0.717) is 13.0 Å². The van der Waals surface area contributed by atoms with Crippen LogP contribution in [0.4, 0.5) is 5.69 Å². The average molecular weight is 262 g/mol. The highest BCUT2D eigenvalue weighted by molar-refractivity contribution is 5.92. The second-order valence-electron chi connectivity index (χ2n) is 4.80. The van der Waals surface area contributed by atoms with Gasteiger partial charge in [-0.3, -0.25) is 14.5 Å². The van der Waals surface area contributed by atoms with Crippen molar-refractivity contribution in [2.75, 3.05) is 25.5 Å². The van der Waals surface area contributed by atoms with Crippen LogP contribution in [0.1, 0.15) is 12.0 Å². The molecule has 1 atom stereocenters. The predicted octanol–water partition coefficient (Wildman–Crippen LogP) is 1.18. The fraction of sp³-hybridized carbons (Fsp3) is 0.429. The Balaban J connectivity index is 1.87. The van der Waals surface area contributed by atoms with Crippen LogP contribution in [-0.4, -0.2) is 43.0 Å². The molecule has 19 heavy (non-hydrogen) atoms. The van der Waals surface area contributed by atoms with Crippen molar-refractivity contribution >= 4 is 17.6 Å². The summed E-state index contributed by atoms with van der Waals surface area (Å²) in [5.74, 6) is -0.378. The number of carbonyl (C=O) groups is 2. The maximum absolute atomic E-state index is 11.9. The van der Waals surface area contributed by atoms with Crippen LogP contribution in [0.15, 0.2) is 24.3 Å². The Hall–Kier alpha value is -1.88. The van der Waals surface area contributed by atoms with Gasteiger partial charge in [0.2, 0.25) is 5.91 Å². The third-order valence-electron chi connectivity index (χ3n) is 3.17. The summed E-state index contributed by atoms with van der Waals surface area (Å²) in [5.41, 5.74) is 1.90. The van der Waals surface area contributed by atoms with Gasteiger partial charge in [-0.2, -0.15) is 0 Å². The number of esters is 1. The summed E-state index contributed by atoms with van der Waals surface area (Å²) in [7, 11) is 1.76. The van der Waals surface area contributed by atoms with E-state index in [1.807, 2.05) is 31.2 Å². The Morgan fingerprint density at radius 3 is 2.68 bits per heavy atom. The molecule has 5 heteroatoms. The smallest absolute Gasteiger partial charge is 0.323 e. The Morgan fingerprint density at radius 1 is 1.42 bits per heavy atom. The van der Waals surface area contributed by atoms with Gasteiger partial charge in [0.05, 0.1) is 13.2 Å². The van der Waals surface area contributed by atoms with Crippen LogP contribution in [0.25, 0.3) is 0 Å². The highest BCUT2D eigenvalue weighted by atomic mass is 16.5. The summed E-state index contributed by atoms with van der Waals surface area (Å²) in [6.45, 7) is 2.60. The van der Waals surface area contributed by atoms with Gasteiger partial charge in [0.1, 0.15) is 6.04 Å². The molecule has 0 saturated carbocycles. The van der Waals surface area contributed by atoms with Gasteiger partial charge in [0, 0.05) is 12.1 Å². The molecule has 1 N–H and O–H groups in total. The standard InChI is InChI=1S/C14H18N2O3/c1-10-3-5-11(6-4-10)15-13(17)9-16(2)12-7-8-19-14(12)18/h3-6,12H,7-9H2,1-2H3,(H,15,17). The maximum atomic E-state index is 11.9. The molecule has 0 aromatic heterocycles. The molecule has 1 aliphatic heterocycles. The van der Waals surface area contributed by atoms with Crippen LogP contribution in [0.2, 0.25) is 0 Å². The van der Waals surface area contributed by atoms with Gasteiger partial charge in [-0.15, -0.1) is 0 Å². The fourth-order valence-electron chi connectivity index (χ4n) is 2.06. The Bertz CT molecular complexity index is 470. The van der Waals surface area contributed by atoms with Gasteiger partial charge in [0.25, 0.3) is 0 Å². The Labute approximate surface area is 112 Å². The summed E-state index contributed by atoms with van der Waals surface area (Å²) in [5, 5.41) is 2.81. The molecule has 1 aromatic rings. The van der Waals surface area contributed by atoms with Crippen LogP contribution in [0, 0.1) is 6.92 Å². The zero-order valence-corrected chi connectivity index (χ0v) is 11.2. The lowest BCUT2D eigenvalue weighted by Gasteiger charge is -2.20. The quantitative estimate of drug-likeness (QED) is 0.828. The zero-order valence-electron chi connectivity index (χ0n) is 11.2. The lowest BCUT2D eigenvalue weighted by Crippen LogP contribution is -2.40. The van der Waals surface area contributed by atoms with E-state index < -0.39 is 0 Å². The number of ether oxygens (including phenoxy) is 1. The minimum atomic E-state index is -0.302. The number of likely N-dealkylation sites (N-methyl/N-ethyl adjacent to an activating group) is 1. The number of hydrogen-bond donors (Lipinski definition) is 1. The first-order valence-electron chi connectivity index (χ1n) is 6.29. The first-order chi connectivity index (χ1) is 9.06. The van der Waals surface area contributed by atoms with Crippen molar-refractivity contribution in [1.29, 1.82) is 0 Å². The van der Waals surface area contributed by atoms with E-state index in [1.54, 1.807) is 11.9 Å². The molecule has 102 valence electrons. The monoisotopic (exact) mass is 262 g/mol. The maximum Gasteiger partial charge on any atom is 0.323 e. The summed E-state index contributed by atoms with van der Waals surface area (Å²) >= 11 is 0. The molecular formula is C14H18N2O3. The van der Waals surface area contributed by atoms with Crippen LogP contribution < -0.4 is 5.32 Å². The van der Waals surface area contributed by atoms with E-state index in [4.69, 9.17) is 4.74 Å². The molecule has 1 aromatic carbocycles. The molecule has 1 aliphatic rings. The number of carbonyl (C=O) groups excluding carboxylic acids is 2. The number of amides is 1. The Morgan fingerprint density at radius 2 is 2.11 bits per heavy atom. The Kier molecular flexibility index (Phi) is 4.16. The zero-order chi connectivity index (χ0) is 13.8. The van der Waals surface area contributed by atoms with Crippen molar-refractivity contribution in [2.24, 2.45) is 0 Å². The third kappa shape index (κ3) is 3.54. The van der Waals surface area contributed by atoms with E-state index in [2.05, 4.69) is 5.32 Å². The molecule has 1 amide bonds. The van der Waals surface area contributed by atoms with E-state index in [0.717, 1.165) is 11.3 Å². The minimum absolute atomic E-state index is 0.133. The summed E-state index contributed by atoms with van der Waals surface area (Å²) in [6.07, 6.45) is 0.646. The van der Waals surface area contributed by atoms with E-state index >= 15 is 0 Å². The number of cyclic esters (lactones) is 1. The van der Waals surface area contributed by atoms with Crippen molar-refractivity contribution < 1.29 is 14.3 Å². The number of nitrogens with zero attached hydrogens (tertiary/aromatic N) is 1. The van der Waals surface area contributed by atoms with E-state index in [9.17, 15) is 9.59 Å². The van der Waals surface area contributed by atoms with Gasteiger partial charge in [0.15, 0.2) is 0 Å². The van der Waals surface area contributed by atoms with Gasteiger partial charge in [-0.25, -0.2) is 0 Å². The fourth-order valence-corrected chi connectivity index (χ4v) is 2.06. The lowest BCUT2D eigenvalue weighted by molar-refractivity contribution is -0.142. The highest BCUT2D eigenvalue weighted by Crippen LogP contribution is 2.13. The SMILES string of the molecule is Cc1ccc(NC(=O)CN(C)C2CCOC2=O)cc1. The second-order valence-corrected chi connectivity index (χ2v) is 4.80. The van der Waals surface area contributed by atoms with Gasteiger partial charge >= 0.3 is 5.97 Å². The molecule has 0 spiro atoms. The average Bonchev–Trinajstić information content (AvgIpc) is 2.78. The normalized spacial score (nSPS) is 18.5. The highest BCUT2D eigenvalue weighted by Gasteiger charge is 2.30. The number of anilines is 1. The van der Waals surface area contributed by atoms with Crippen molar-refractivity contribution in [2.45, 2.75) is 19.4 Å².